The van der Waals surface area contributed by atoms with Crippen LogP contribution in [0.1, 0.15) is 0 Å². The van der Waals surface area contributed by atoms with E-state index in [0.29, 0.717) is 5.82 Å². The zero-order chi connectivity index (χ0) is 9.10. The first-order valence-corrected chi connectivity index (χ1v) is 4.52. The second-order valence-corrected chi connectivity index (χ2v) is 3.37. The van der Waals surface area contributed by atoms with Gasteiger partial charge < -0.3 is 0 Å². The van der Waals surface area contributed by atoms with Crippen LogP contribution in [0, 0.1) is 12.3 Å². The van der Waals surface area contributed by atoms with Gasteiger partial charge in [0.15, 0.2) is 5.82 Å². The molecule has 2 nitrogen and oxygen atoms in total. The smallest absolute Gasteiger partial charge is 0.170 e. The van der Waals surface area contributed by atoms with E-state index in [1.165, 1.54) is 0 Å². The summed E-state index contributed by atoms with van der Waals surface area (Å²) in [6.07, 6.45) is 4.18. The van der Waals surface area contributed by atoms with Crippen LogP contribution >= 0.6 is 15.9 Å². The molecule has 62 valence electrons. The quantitative estimate of drug-likeness (QED) is 0.756. The second-order valence-electron chi connectivity index (χ2n) is 2.46. The predicted octanol–water partition coefficient (Wildman–Crippen LogP) is 2.51. The van der Waals surface area contributed by atoms with Gasteiger partial charge in [-0.15, -0.1) is 0 Å². The summed E-state index contributed by atoms with van der Waals surface area (Å²) in [6.45, 7) is 0. The van der Waals surface area contributed by atoms with Crippen molar-refractivity contribution in [2.45, 2.75) is 0 Å². The average Bonchev–Trinajstić information content (AvgIpc) is 2.20. The molecule has 2 aromatic rings. The van der Waals surface area contributed by atoms with Crippen molar-refractivity contribution in [1.82, 2.24) is 9.97 Å². The maximum atomic E-state index is 4.07. The molecular weight excluding hydrogens is 228 g/mol. The lowest BCUT2D eigenvalue weighted by molar-refractivity contribution is 1.19. The SMILES string of the molecule is Brc1ccc(-c2nc#ccn2)cc1. The van der Waals surface area contributed by atoms with Crippen LogP contribution < -0.4 is 0 Å². The molecule has 0 unspecified atom stereocenters. The molecule has 0 N–H and O–H groups in total. The fraction of sp³-hybridized carbons (Fsp3) is 0. The Kier molecular flexibility index (Phi) is 2.24. The van der Waals surface area contributed by atoms with Crippen molar-refractivity contribution >= 4 is 15.9 Å². The summed E-state index contributed by atoms with van der Waals surface area (Å²) in [6, 6.07) is 10.5. The van der Waals surface area contributed by atoms with Gasteiger partial charge in [-0.25, -0.2) is 4.98 Å². The molecule has 3 heteroatoms. The molecule has 0 aliphatic carbocycles. The van der Waals surface area contributed by atoms with Crippen molar-refractivity contribution in [3.63, 3.8) is 0 Å². The Balaban J connectivity index is 2.42. The van der Waals surface area contributed by atoms with Crippen LogP contribution in [0.5, 0.6) is 0 Å². The second kappa shape index (κ2) is 3.55. The van der Waals surface area contributed by atoms with Crippen LogP contribution in [0.3, 0.4) is 0 Å². The van der Waals surface area contributed by atoms with Crippen molar-refractivity contribution in [3.05, 3.63) is 47.2 Å². The molecule has 0 fully saturated rings. The first-order valence-electron chi connectivity index (χ1n) is 3.73. The third-order valence-corrected chi connectivity index (χ3v) is 2.11. The normalized spacial score (nSPS) is 9.31. The van der Waals surface area contributed by atoms with Gasteiger partial charge in [-0.05, 0) is 18.2 Å². The molecule has 0 atom stereocenters. The van der Waals surface area contributed by atoms with Crippen molar-refractivity contribution in [2.24, 2.45) is 0 Å². The summed E-state index contributed by atoms with van der Waals surface area (Å²) in [5, 5.41) is 0. The summed E-state index contributed by atoms with van der Waals surface area (Å²) in [5.74, 6) is 0.672. The van der Waals surface area contributed by atoms with Crippen molar-refractivity contribution < 1.29 is 0 Å². The van der Waals surface area contributed by atoms with Crippen LogP contribution in [-0.4, -0.2) is 9.97 Å². The van der Waals surface area contributed by atoms with Gasteiger partial charge in [0, 0.05) is 16.2 Å². The van der Waals surface area contributed by atoms with Crippen LogP contribution in [0.2, 0.25) is 0 Å². The number of benzene rings is 1. The number of rotatable bonds is 1. The lowest BCUT2D eigenvalue weighted by Gasteiger charge is -1.96. The average molecular weight is 233 g/mol. The summed E-state index contributed by atoms with van der Waals surface area (Å²) in [4.78, 5) is 8.04. The van der Waals surface area contributed by atoms with Crippen LogP contribution in [0.25, 0.3) is 11.4 Å². The largest absolute Gasteiger partial charge is 0.227 e. The number of hydrogen-bond donors (Lipinski definition) is 0. The van der Waals surface area contributed by atoms with E-state index in [0.717, 1.165) is 10.0 Å². The Bertz CT molecular complexity index is 383. The molecule has 0 saturated heterocycles. The Hall–Kier alpha value is -1.40. The zero-order valence-electron chi connectivity index (χ0n) is 6.66. The van der Waals surface area contributed by atoms with E-state index in [2.05, 4.69) is 38.2 Å². The van der Waals surface area contributed by atoms with E-state index >= 15 is 0 Å². The van der Waals surface area contributed by atoms with E-state index in [4.69, 9.17) is 0 Å². The maximum absolute atomic E-state index is 4.07. The molecule has 1 heterocycles. The lowest BCUT2D eigenvalue weighted by atomic mass is 10.2. The molecular formula is C10H5BrN2. The Labute approximate surface area is 84.8 Å². The van der Waals surface area contributed by atoms with Crippen LogP contribution in [0.4, 0.5) is 0 Å². The molecule has 13 heavy (non-hydrogen) atoms. The summed E-state index contributed by atoms with van der Waals surface area (Å²) in [5.41, 5.74) is 0.980. The van der Waals surface area contributed by atoms with Gasteiger partial charge in [-0.1, -0.05) is 28.1 Å². The van der Waals surface area contributed by atoms with Crippen molar-refractivity contribution in [3.8, 4) is 11.4 Å². The monoisotopic (exact) mass is 232 g/mol. The highest BCUT2D eigenvalue weighted by atomic mass is 79.9. The summed E-state index contributed by atoms with van der Waals surface area (Å²) in [7, 11) is 0. The Morgan fingerprint density at radius 1 is 1.15 bits per heavy atom. The fourth-order valence-electron chi connectivity index (χ4n) is 0.974. The molecule has 0 bridgehead atoms. The molecule has 1 aromatic carbocycles. The standard InChI is InChI=1S/C10H5BrN2/c11-9-4-2-8(3-5-9)10-12-6-1-7-13-10/h2-6H. The van der Waals surface area contributed by atoms with Gasteiger partial charge in [0.25, 0.3) is 0 Å². The van der Waals surface area contributed by atoms with Crippen molar-refractivity contribution in [2.75, 3.05) is 0 Å². The van der Waals surface area contributed by atoms with Crippen LogP contribution in [-0.2, 0) is 0 Å². The van der Waals surface area contributed by atoms with Gasteiger partial charge in [-0.2, -0.15) is 4.98 Å². The molecule has 0 spiro atoms. The highest BCUT2D eigenvalue weighted by molar-refractivity contribution is 9.10. The highest BCUT2D eigenvalue weighted by Crippen LogP contribution is 2.16. The summed E-state index contributed by atoms with van der Waals surface area (Å²) >= 11 is 3.36. The Morgan fingerprint density at radius 2 is 1.92 bits per heavy atom. The molecule has 0 aliphatic rings. The lowest BCUT2D eigenvalue weighted by Crippen LogP contribution is -1.84. The fourth-order valence-corrected chi connectivity index (χ4v) is 1.24. The highest BCUT2D eigenvalue weighted by Gasteiger charge is 1.97. The molecule has 2 rings (SSSR count). The van der Waals surface area contributed by atoms with Gasteiger partial charge >= 0.3 is 0 Å². The topological polar surface area (TPSA) is 25.8 Å². The van der Waals surface area contributed by atoms with E-state index in [-0.39, 0.29) is 0 Å². The molecule has 0 radical (unpaired) electrons. The minimum atomic E-state index is 0.672. The van der Waals surface area contributed by atoms with Gasteiger partial charge in [0.1, 0.15) is 0 Å². The first-order chi connectivity index (χ1) is 6.36. The Morgan fingerprint density at radius 3 is 2.54 bits per heavy atom. The molecule has 0 saturated carbocycles. The molecule has 0 amide bonds. The predicted molar refractivity (Wildman–Crippen MR) is 52.8 cm³/mol. The minimum absolute atomic E-state index is 0.672. The zero-order valence-corrected chi connectivity index (χ0v) is 8.25. The van der Waals surface area contributed by atoms with E-state index < -0.39 is 0 Å². The number of halogens is 1. The summed E-state index contributed by atoms with van der Waals surface area (Å²) < 4.78 is 1.04. The number of aromatic nitrogens is 2. The van der Waals surface area contributed by atoms with E-state index in [1.807, 2.05) is 24.3 Å². The van der Waals surface area contributed by atoms with Gasteiger partial charge in [-0.3, -0.25) is 0 Å². The van der Waals surface area contributed by atoms with Gasteiger partial charge in [0.05, 0.1) is 6.20 Å². The van der Waals surface area contributed by atoms with Crippen molar-refractivity contribution in [1.29, 1.82) is 0 Å². The third kappa shape index (κ3) is 1.85. The van der Waals surface area contributed by atoms with Crippen LogP contribution in [0.15, 0.2) is 34.9 Å². The molecule has 1 aromatic heterocycles. The number of nitrogens with zero attached hydrogens (tertiary/aromatic N) is 2. The maximum Gasteiger partial charge on any atom is 0.170 e. The van der Waals surface area contributed by atoms with E-state index in [9.17, 15) is 0 Å². The third-order valence-electron chi connectivity index (χ3n) is 1.58. The number of hydrogen-bond acceptors (Lipinski definition) is 2. The first kappa shape index (κ1) is 8.21. The minimum Gasteiger partial charge on any atom is -0.227 e. The van der Waals surface area contributed by atoms with Gasteiger partial charge in [0.2, 0.25) is 0 Å². The molecule has 0 aliphatic heterocycles. The van der Waals surface area contributed by atoms with E-state index in [1.54, 1.807) is 6.20 Å².